The fourth-order valence-electron chi connectivity index (χ4n) is 8.13. The molecule has 0 bridgehead atoms. The van der Waals surface area contributed by atoms with Crippen molar-refractivity contribution in [1.82, 2.24) is 4.57 Å². The van der Waals surface area contributed by atoms with Crippen LogP contribution in [-0.2, 0) is 0 Å². The molecule has 1 nitrogen and oxygen atoms in total. The summed E-state index contributed by atoms with van der Waals surface area (Å²) in [6.07, 6.45) is 0. The van der Waals surface area contributed by atoms with Gasteiger partial charge in [0.15, 0.2) is 0 Å². The zero-order valence-corrected chi connectivity index (χ0v) is 26.4. The van der Waals surface area contributed by atoms with Crippen LogP contribution in [-0.4, -0.2) is 4.57 Å². The highest BCUT2D eigenvalue weighted by molar-refractivity contribution is 6.33. The van der Waals surface area contributed by atoms with E-state index >= 15 is 0 Å². The molecule has 220 valence electrons. The first-order chi connectivity index (χ1) is 23.1. The maximum Gasteiger partial charge on any atom is 0.0619 e. The summed E-state index contributed by atoms with van der Waals surface area (Å²) in [6, 6.07) is 56.2. The van der Waals surface area contributed by atoms with Crippen LogP contribution < -0.4 is 0 Å². The normalized spacial score (nSPS) is 12.0. The lowest BCUT2D eigenvalue weighted by Crippen LogP contribution is -1.98. The average Bonchev–Trinajstić information content (AvgIpc) is 3.39. The summed E-state index contributed by atoms with van der Waals surface area (Å²) in [4.78, 5) is 0. The summed E-state index contributed by atoms with van der Waals surface area (Å²) >= 11 is 0. The van der Waals surface area contributed by atoms with Crippen molar-refractivity contribution in [2.24, 2.45) is 0 Å². The Morgan fingerprint density at radius 3 is 1.72 bits per heavy atom. The summed E-state index contributed by atoms with van der Waals surface area (Å²) in [7, 11) is 0. The summed E-state index contributed by atoms with van der Waals surface area (Å²) in [5, 5.41) is 16.7. The van der Waals surface area contributed by atoms with Gasteiger partial charge in [0.1, 0.15) is 0 Å². The highest BCUT2D eigenvalue weighted by Gasteiger charge is 2.22. The summed E-state index contributed by atoms with van der Waals surface area (Å²) in [6.45, 7) is 4.59. The first-order valence-electron chi connectivity index (χ1n) is 16.4. The third-order valence-corrected chi connectivity index (χ3v) is 10.5. The lowest BCUT2D eigenvalue weighted by molar-refractivity contribution is 1.05. The molecule has 0 fully saturated rings. The SMILES string of the molecule is Cc1c(C)n(-c2ccc3cc4ccccc4cc3c2)c2c3ccccc3c3cc(-c4ccc5ccccc5c4)c4ccccc4c3c12. The molecular formula is C46H31N. The van der Waals surface area contributed by atoms with Gasteiger partial charge in [0.25, 0.3) is 0 Å². The summed E-state index contributed by atoms with van der Waals surface area (Å²) < 4.78 is 2.51. The number of hydrogen-bond donors (Lipinski definition) is 0. The summed E-state index contributed by atoms with van der Waals surface area (Å²) in [5.74, 6) is 0. The number of aromatic nitrogens is 1. The molecule has 1 aromatic heterocycles. The van der Waals surface area contributed by atoms with Crippen molar-refractivity contribution < 1.29 is 0 Å². The first kappa shape index (κ1) is 26.3. The van der Waals surface area contributed by atoms with Crippen molar-refractivity contribution in [2.45, 2.75) is 13.8 Å². The third-order valence-electron chi connectivity index (χ3n) is 10.5. The predicted octanol–water partition coefficient (Wildman–Crippen LogP) is 12.8. The second kappa shape index (κ2) is 9.79. The fourth-order valence-corrected chi connectivity index (χ4v) is 8.13. The van der Waals surface area contributed by atoms with E-state index in [0.29, 0.717) is 0 Å². The van der Waals surface area contributed by atoms with E-state index in [4.69, 9.17) is 0 Å². The predicted molar refractivity (Wildman–Crippen MR) is 203 cm³/mol. The third kappa shape index (κ3) is 3.78. The monoisotopic (exact) mass is 597 g/mol. The standard InChI is InChI=1S/C46H31N/c1-28-29(2)47(37-22-21-34-23-32-13-5-6-14-33(32)25-36(34)26-37)46-41-18-10-8-16-39(41)43-27-42(35-20-19-30-11-3-4-12-31(30)24-35)38-15-7-9-17-40(38)45(43)44(28)46/h3-27H,1-2H3. The number of aryl methyl sites for hydroxylation is 1. The molecular weight excluding hydrogens is 567 g/mol. The molecule has 0 N–H and O–H groups in total. The van der Waals surface area contributed by atoms with Crippen LogP contribution in [0.15, 0.2) is 152 Å². The molecule has 47 heavy (non-hydrogen) atoms. The van der Waals surface area contributed by atoms with E-state index in [1.807, 2.05) is 0 Å². The van der Waals surface area contributed by atoms with E-state index in [2.05, 4.69) is 170 Å². The van der Waals surface area contributed by atoms with Crippen molar-refractivity contribution in [1.29, 1.82) is 0 Å². The molecule has 0 spiro atoms. The molecule has 1 heteroatoms. The molecule has 0 saturated carbocycles. The average molecular weight is 598 g/mol. The van der Waals surface area contributed by atoms with Gasteiger partial charge in [-0.3, -0.25) is 0 Å². The zero-order chi connectivity index (χ0) is 31.2. The van der Waals surface area contributed by atoms with E-state index in [0.717, 1.165) is 0 Å². The van der Waals surface area contributed by atoms with Gasteiger partial charge in [-0.2, -0.15) is 0 Å². The minimum Gasteiger partial charge on any atom is -0.313 e. The topological polar surface area (TPSA) is 4.93 Å². The van der Waals surface area contributed by atoms with Gasteiger partial charge >= 0.3 is 0 Å². The van der Waals surface area contributed by atoms with Gasteiger partial charge in [-0.05, 0) is 126 Å². The number of hydrogen-bond acceptors (Lipinski definition) is 0. The van der Waals surface area contributed by atoms with Gasteiger partial charge in [0, 0.05) is 22.2 Å². The van der Waals surface area contributed by atoms with Crippen molar-refractivity contribution >= 4 is 75.5 Å². The fraction of sp³-hybridized carbons (Fsp3) is 0.0435. The van der Waals surface area contributed by atoms with Gasteiger partial charge in [-0.1, -0.05) is 115 Å². The molecule has 0 atom stereocenters. The van der Waals surface area contributed by atoms with Crippen LogP contribution in [0.25, 0.3) is 92.4 Å². The van der Waals surface area contributed by atoms with Crippen LogP contribution in [0.3, 0.4) is 0 Å². The van der Waals surface area contributed by atoms with Crippen molar-refractivity contribution in [3.05, 3.63) is 163 Å². The molecule has 10 rings (SSSR count). The second-order valence-corrected chi connectivity index (χ2v) is 13.0. The van der Waals surface area contributed by atoms with Gasteiger partial charge < -0.3 is 4.57 Å². The Labute approximate surface area is 272 Å². The zero-order valence-electron chi connectivity index (χ0n) is 26.4. The van der Waals surface area contributed by atoms with E-state index in [9.17, 15) is 0 Å². The second-order valence-electron chi connectivity index (χ2n) is 13.0. The van der Waals surface area contributed by atoms with Crippen molar-refractivity contribution in [3.63, 3.8) is 0 Å². The number of benzene rings is 9. The number of rotatable bonds is 2. The molecule has 0 unspecified atom stereocenters. The maximum absolute atomic E-state index is 2.51. The molecule has 10 aromatic rings. The van der Waals surface area contributed by atoms with Crippen LogP contribution in [0.5, 0.6) is 0 Å². The smallest absolute Gasteiger partial charge is 0.0619 e. The Kier molecular flexibility index (Phi) is 5.48. The largest absolute Gasteiger partial charge is 0.313 e. The molecule has 9 aromatic carbocycles. The van der Waals surface area contributed by atoms with Crippen LogP contribution in [0.1, 0.15) is 11.3 Å². The minimum absolute atomic E-state index is 1.20. The van der Waals surface area contributed by atoms with E-state index in [-0.39, 0.29) is 0 Å². The van der Waals surface area contributed by atoms with Gasteiger partial charge in [0.2, 0.25) is 0 Å². The van der Waals surface area contributed by atoms with E-state index in [1.54, 1.807) is 0 Å². The van der Waals surface area contributed by atoms with Crippen LogP contribution in [0, 0.1) is 13.8 Å². The maximum atomic E-state index is 2.51. The number of fused-ring (bicyclic) bond motifs is 11. The molecule has 0 saturated heterocycles. The van der Waals surface area contributed by atoms with Gasteiger partial charge in [-0.25, -0.2) is 0 Å². The van der Waals surface area contributed by atoms with Crippen molar-refractivity contribution in [3.8, 4) is 16.8 Å². The Hall–Kier alpha value is -5.92. The van der Waals surface area contributed by atoms with Gasteiger partial charge in [-0.15, -0.1) is 0 Å². The Morgan fingerprint density at radius 2 is 0.957 bits per heavy atom. The lowest BCUT2D eigenvalue weighted by atomic mass is 9.88. The van der Waals surface area contributed by atoms with Crippen LogP contribution in [0.4, 0.5) is 0 Å². The van der Waals surface area contributed by atoms with Crippen molar-refractivity contribution in [2.75, 3.05) is 0 Å². The highest BCUT2D eigenvalue weighted by Crippen LogP contribution is 2.46. The summed E-state index contributed by atoms with van der Waals surface area (Å²) in [5.41, 5.74) is 7.62. The first-order valence-corrected chi connectivity index (χ1v) is 16.4. The quantitative estimate of drug-likeness (QED) is 0.138. The Bertz CT molecular complexity index is 2920. The lowest BCUT2D eigenvalue weighted by Gasteiger charge is -2.17. The molecule has 0 radical (unpaired) electrons. The minimum atomic E-state index is 1.20. The molecule has 0 amide bonds. The van der Waals surface area contributed by atoms with Crippen LogP contribution >= 0.6 is 0 Å². The molecule has 0 aliphatic carbocycles. The van der Waals surface area contributed by atoms with E-state index < -0.39 is 0 Å². The number of nitrogens with zero attached hydrogens (tertiary/aromatic N) is 1. The van der Waals surface area contributed by atoms with Crippen LogP contribution in [0.2, 0.25) is 0 Å². The molecule has 0 aliphatic rings. The van der Waals surface area contributed by atoms with Gasteiger partial charge in [0.05, 0.1) is 5.52 Å². The highest BCUT2D eigenvalue weighted by atomic mass is 15.0. The Balaban J connectivity index is 1.33. The van der Waals surface area contributed by atoms with E-state index in [1.165, 1.54) is 104 Å². The molecule has 0 aliphatic heterocycles. The Morgan fingerprint density at radius 1 is 0.383 bits per heavy atom. The molecule has 1 heterocycles.